The van der Waals surface area contributed by atoms with E-state index >= 15 is 0 Å². The molecule has 16 heavy (non-hydrogen) atoms. The van der Waals surface area contributed by atoms with Crippen molar-refractivity contribution in [3.05, 3.63) is 9.81 Å². The Morgan fingerprint density at radius 3 is 2.25 bits per heavy atom. The standard InChI is InChI=1S/C8H14N2O4S2/c11-7(12)8(9-13,10-14)4-1-2-6(16)3-5-15/h6,15-16H,1-5H2,(H,11,12). The van der Waals surface area contributed by atoms with Crippen molar-refractivity contribution in [2.45, 2.75) is 36.6 Å². The molecular formula is C8H14N2O4S2. The van der Waals surface area contributed by atoms with E-state index in [1.807, 2.05) is 0 Å². The second kappa shape index (κ2) is 7.61. The molecule has 0 heterocycles. The second-order valence-electron chi connectivity index (χ2n) is 3.36. The summed E-state index contributed by atoms with van der Waals surface area (Å²) in [5.41, 5.74) is -2.38. The zero-order valence-electron chi connectivity index (χ0n) is 8.57. The zero-order valence-corrected chi connectivity index (χ0v) is 10.4. The molecule has 0 aromatic carbocycles. The molecule has 0 fully saturated rings. The molecule has 0 aliphatic rings. The van der Waals surface area contributed by atoms with Crippen LogP contribution in [-0.4, -0.2) is 27.7 Å². The lowest BCUT2D eigenvalue weighted by Crippen LogP contribution is -2.33. The second-order valence-corrected chi connectivity index (χ2v) is 4.54. The minimum Gasteiger partial charge on any atom is -0.478 e. The molecule has 0 saturated heterocycles. The fourth-order valence-corrected chi connectivity index (χ4v) is 2.00. The summed E-state index contributed by atoms with van der Waals surface area (Å²) in [5, 5.41) is 13.4. The van der Waals surface area contributed by atoms with Gasteiger partial charge in [-0.2, -0.15) is 25.3 Å². The van der Waals surface area contributed by atoms with Crippen molar-refractivity contribution in [1.29, 1.82) is 0 Å². The van der Waals surface area contributed by atoms with Crippen LogP contribution in [0.2, 0.25) is 0 Å². The maximum absolute atomic E-state index is 10.7. The molecule has 92 valence electrons. The molecule has 0 spiro atoms. The predicted molar refractivity (Wildman–Crippen MR) is 67.1 cm³/mol. The Labute approximate surface area is 104 Å². The van der Waals surface area contributed by atoms with Crippen LogP contribution in [0.15, 0.2) is 10.4 Å². The van der Waals surface area contributed by atoms with Gasteiger partial charge in [0.15, 0.2) is 0 Å². The minimum absolute atomic E-state index is 0.0716. The van der Waals surface area contributed by atoms with Gasteiger partial charge in [0.05, 0.1) is 0 Å². The fraction of sp³-hybridized carbons (Fsp3) is 0.875. The van der Waals surface area contributed by atoms with Gasteiger partial charge in [-0.1, -0.05) is 0 Å². The molecule has 1 atom stereocenters. The normalized spacial score (nSPS) is 13.1. The van der Waals surface area contributed by atoms with Crippen molar-refractivity contribution in [3.8, 4) is 0 Å². The largest absolute Gasteiger partial charge is 0.478 e. The van der Waals surface area contributed by atoms with Crippen LogP contribution in [0, 0.1) is 9.81 Å². The first kappa shape index (κ1) is 15.4. The van der Waals surface area contributed by atoms with Gasteiger partial charge >= 0.3 is 11.6 Å². The first-order chi connectivity index (χ1) is 7.52. The van der Waals surface area contributed by atoms with Gasteiger partial charge in [-0.3, -0.25) is 0 Å². The third kappa shape index (κ3) is 4.48. The molecule has 0 aromatic rings. The molecule has 0 aromatic heterocycles. The van der Waals surface area contributed by atoms with Gasteiger partial charge in [0.1, 0.15) is 0 Å². The number of hydrogen-bond donors (Lipinski definition) is 3. The lowest BCUT2D eigenvalue weighted by molar-refractivity contribution is -0.143. The van der Waals surface area contributed by atoms with Gasteiger partial charge in [0.2, 0.25) is 0 Å². The number of hydrogen-bond acceptors (Lipinski definition) is 7. The summed E-state index contributed by atoms with van der Waals surface area (Å²) in [7, 11) is 0. The minimum atomic E-state index is -2.38. The first-order valence-electron chi connectivity index (χ1n) is 4.73. The number of nitroso groups, excluding NO2 is 2. The molecule has 0 amide bonds. The van der Waals surface area contributed by atoms with Crippen LogP contribution in [0.5, 0.6) is 0 Å². The van der Waals surface area contributed by atoms with Crippen LogP contribution < -0.4 is 0 Å². The highest BCUT2D eigenvalue weighted by Gasteiger charge is 2.42. The molecule has 1 unspecified atom stereocenters. The number of thiol groups is 2. The molecule has 0 bridgehead atoms. The van der Waals surface area contributed by atoms with E-state index in [1.54, 1.807) is 0 Å². The number of nitrogens with zero attached hydrogens (tertiary/aromatic N) is 2. The molecule has 1 N–H and O–H groups in total. The van der Waals surface area contributed by atoms with E-state index in [4.69, 9.17) is 5.11 Å². The van der Waals surface area contributed by atoms with E-state index in [0.29, 0.717) is 18.6 Å². The summed E-state index contributed by atoms with van der Waals surface area (Å²) in [6.45, 7) is 0. The van der Waals surface area contributed by atoms with Gasteiger partial charge in [-0.25, -0.2) is 4.79 Å². The van der Waals surface area contributed by atoms with E-state index < -0.39 is 11.6 Å². The van der Waals surface area contributed by atoms with Crippen LogP contribution >= 0.6 is 25.3 Å². The maximum atomic E-state index is 10.7. The predicted octanol–water partition coefficient (Wildman–Crippen LogP) is 2.09. The Hall–Kier alpha value is -0.630. The average molecular weight is 266 g/mol. The summed E-state index contributed by atoms with van der Waals surface area (Å²) in [6, 6.07) is 0. The number of aliphatic carboxylic acids is 1. The van der Waals surface area contributed by atoms with E-state index in [9.17, 15) is 14.6 Å². The average Bonchev–Trinajstić information content (AvgIpc) is 2.25. The third-order valence-corrected chi connectivity index (χ3v) is 2.94. The number of carboxylic acid groups (broad SMARTS) is 1. The highest BCUT2D eigenvalue weighted by atomic mass is 32.1. The summed E-state index contributed by atoms with van der Waals surface area (Å²) in [6.07, 6.45) is 1.52. The molecule has 0 aliphatic heterocycles. The summed E-state index contributed by atoms with van der Waals surface area (Å²) in [5.74, 6) is -0.932. The topological polar surface area (TPSA) is 96.2 Å². The van der Waals surface area contributed by atoms with Crippen molar-refractivity contribution >= 4 is 31.2 Å². The lowest BCUT2D eigenvalue weighted by Gasteiger charge is -2.14. The Kier molecular flexibility index (Phi) is 7.31. The first-order valence-corrected chi connectivity index (χ1v) is 5.88. The monoisotopic (exact) mass is 266 g/mol. The van der Waals surface area contributed by atoms with Crippen LogP contribution in [0.3, 0.4) is 0 Å². The number of carbonyl (C=O) groups is 1. The molecule has 0 saturated carbocycles. The van der Waals surface area contributed by atoms with Crippen LogP contribution in [0.1, 0.15) is 25.7 Å². The zero-order chi connectivity index (χ0) is 12.6. The molecular weight excluding hydrogens is 252 g/mol. The van der Waals surface area contributed by atoms with Crippen molar-refractivity contribution in [1.82, 2.24) is 0 Å². The van der Waals surface area contributed by atoms with Crippen LogP contribution in [-0.2, 0) is 4.79 Å². The SMILES string of the molecule is O=NC(CCCC(S)CCS)(N=O)C(=O)O. The fourth-order valence-electron chi connectivity index (χ4n) is 1.17. The van der Waals surface area contributed by atoms with Crippen molar-refractivity contribution in [3.63, 3.8) is 0 Å². The van der Waals surface area contributed by atoms with Crippen molar-refractivity contribution in [2.75, 3.05) is 5.75 Å². The molecule has 0 aliphatic carbocycles. The van der Waals surface area contributed by atoms with Crippen LogP contribution in [0.25, 0.3) is 0 Å². The van der Waals surface area contributed by atoms with E-state index in [1.165, 1.54) is 0 Å². The van der Waals surface area contributed by atoms with Gasteiger partial charge in [-0.05, 0) is 35.4 Å². The van der Waals surface area contributed by atoms with E-state index in [2.05, 4.69) is 35.6 Å². The number of carboxylic acids is 1. The summed E-state index contributed by atoms with van der Waals surface area (Å²) >= 11 is 8.26. The summed E-state index contributed by atoms with van der Waals surface area (Å²) in [4.78, 5) is 31.4. The Bertz CT molecular complexity index is 254. The highest BCUT2D eigenvalue weighted by Crippen LogP contribution is 2.23. The van der Waals surface area contributed by atoms with Gasteiger partial charge in [0.25, 0.3) is 0 Å². The number of rotatable bonds is 9. The van der Waals surface area contributed by atoms with Gasteiger partial charge in [-0.15, -0.1) is 9.81 Å². The smallest absolute Gasteiger partial charge is 0.361 e. The molecule has 0 radical (unpaired) electrons. The molecule has 8 heteroatoms. The Morgan fingerprint density at radius 2 is 1.88 bits per heavy atom. The molecule has 6 nitrogen and oxygen atoms in total. The third-order valence-electron chi connectivity index (χ3n) is 2.17. The van der Waals surface area contributed by atoms with E-state index in [-0.39, 0.29) is 11.7 Å². The Morgan fingerprint density at radius 1 is 1.31 bits per heavy atom. The highest BCUT2D eigenvalue weighted by molar-refractivity contribution is 7.81. The lowest BCUT2D eigenvalue weighted by atomic mass is 10.0. The van der Waals surface area contributed by atoms with Crippen molar-refractivity contribution < 1.29 is 9.90 Å². The van der Waals surface area contributed by atoms with E-state index in [0.717, 1.165) is 6.42 Å². The quantitative estimate of drug-likeness (QED) is 0.440. The van der Waals surface area contributed by atoms with Gasteiger partial charge in [0, 0.05) is 11.7 Å². The molecule has 0 rings (SSSR count). The van der Waals surface area contributed by atoms with Gasteiger partial charge < -0.3 is 5.11 Å². The van der Waals surface area contributed by atoms with Crippen molar-refractivity contribution in [2.24, 2.45) is 10.4 Å². The summed E-state index contributed by atoms with van der Waals surface area (Å²) < 4.78 is 0. The maximum Gasteiger partial charge on any atom is 0.361 e. The Balaban J connectivity index is 4.19. The van der Waals surface area contributed by atoms with Crippen LogP contribution in [0.4, 0.5) is 0 Å².